The third-order valence-corrected chi connectivity index (χ3v) is 3.17. The largest absolute Gasteiger partial charge is 0.497 e. The maximum Gasteiger partial charge on any atom is 0.257 e. The number of rotatable bonds is 5. The van der Waals surface area contributed by atoms with Crippen molar-refractivity contribution in [2.24, 2.45) is 5.92 Å². The Balaban J connectivity index is 1.67. The van der Waals surface area contributed by atoms with Gasteiger partial charge in [0.1, 0.15) is 5.75 Å². The van der Waals surface area contributed by atoms with Crippen molar-refractivity contribution in [2.45, 2.75) is 6.42 Å². The van der Waals surface area contributed by atoms with Gasteiger partial charge in [-0.2, -0.15) is 0 Å². The summed E-state index contributed by atoms with van der Waals surface area (Å²) in [7, 11) is 1.59. The van der Waals surface area contributed by atoms with Gasteiger partial charge in [-0.15, -0.1) is 0 Å². The average Bonchev–Trinajstić information content (AvgIpc) is 3.05. The number of carbonyl (C=O) groups excluding carboxylic acids is 2. The molecule has 1 aromatic carbocycles. The van der Waals surface area contributed by atoms with E-state index in [1.54, 1.807) is 31.4 Å². The minimum Gasteiger partial charge on any atom is -0.497 e. The molecular weight excluding hydrogens is 274 g/mol. The Labute approximate surface area is 123 Å². The van der Waals surface area contributed by atoms with Crippen LogP contribution in [0, 0.1) is 5.92 Å². The number of amides is 2. The van der Waals surface area contributed by atoms with Gasteiger partial charge in [0.05, 0.1) is 26.2 Å². The maximum atomic E-state index is 11.7. The lowest BCUT2D eigenvalue weighted by Gasteiger charge is -2.11. The first-order valence-electron chi connectivity index (χ1n) is 6.73. The first-order valence-corrected chi connectivity index (χ1v) is 6.73. The Kier molecular flexibility index (Phi) is 5.39. The molecule has 0 bridgehead atoms. The van der Waals surface area contributed by atoms with Crippen LogP contribution in [0.1, 0.15) is 6.42 Å². The van der Waals surface area contributed by atoms with E-state index < -0.39 is 0 Å². The van der Waals surface area contributed by atoms with Crippen molar-refractivity contribution in [2.75, 3.05) is 32.2 Å². The summed E-state index contributed by atoms with van der Waals surface area (Å²) in [6.07, 6.45) is 0.686. The van der Waals surface area contributed by atoms with Crippen molar-refractivity contribution in [1.29, 1.82) is 0 Å². The number of nitrogens with one attached hydrogen (secondary N) is 3. The van der Waals surface area contributed by atoms with Gasteiger partial charge in [-0.05, 0) is 30.7 Å². The first-order chi connectivity index (χ1) is 10.2. The highest BCUT2D eigenvalue weighted by Crippen LogP contribution is 2.14. The third kappa shape index (κ3) is 4.64. The smallest absolute Gasteiger partial charge is 0.257 e. The molecule has 0 saturated carbocycles. The van der Waals surface area contributed by atoms with E-state index >= 15 is 0 Å². The second-order valence-corrected chi connectivity index (χ2v) is 4.68. The number of ether oxygens (including phenoxy) is 2. The van der Waals surface area contributed by atoms with Gasteiger partial charge in [-0.1, -0.05) is 0 Å². The normalized spacial score (nSPS) is 17.1. The molecule has 1 aliphatic rings. The Morgan fingerprint density at radius 1 is 1.29 bits per heavy atom. The van der Waals surface area contributed by atoms with E-state index in [0.29, 0.717) is 19.6 Å². The molecule has 1 fully saturated rings. The van der Waals surface area contributed by atoms with Crippen molar-refractivity contribution < 1.29 is 19.1 Å². The second-order valence-electron chi connectivity index (χ2n) is 4.68. The van der Waals surface area contributed by atoms with Gasteiger partial charge in [0.15, 0.2) is 0 Å². The van der Waals surface area contributed by atoms with Gasteiger partial charge < -0.3 is 14.8 Å². The molecule has 3 N–H and O–H groups in total. The van der Waals surface area contributed by atoms with Gasteiger partial charge in [0.25, 0.3) is 5.91 Å². The van der Waals surface area contributed by atoms with Gasteiger partial charge in [0.2, 0.25) is 5.91 Å². The zero-order valence-electron chi connectivity index (χ0n) is 11.8. The predicted molar refractivity (Wildman–Crippen MR) is 76.7 cm³/mol. The molecule has 114 valence electrons. The summed E-state index contributed by atoms with van der Waals surface area (Å²) in [5.41, 5.74) is 5.56. The fourth-order valence-electron chi connectivity index (χ4n) is 1.91. The molecule has 1 unspecified atom stereocenters. The molecule has 21 heavy (non-hydrogen) atoms. The summed E-state index contributed by atoms with van der Waals surface area (Å²) >= 11 is 0. The summed E-state index contributed by atoms with van der Waals surface area (Å²) in [5, 5.41) is 2.95. The molecule has 0 aliphatic carbocycles. The summed E-state index contributed by atoms with van der Waals surface area (Å²) in [6, 6.07) is 7.20. The summed E-state index contributed by atoms with van der Waals surface area (Å²) in [5.74, 6) is 0.0271. The Hall–Kier alpha value is -2.28. The van der Waals surface area contributed by atoms with Crippen molar-refractivity contribution in [3.8, 4) is 5.75 Å². The Morgan fingerprint density at radius 2 is 2.05 bits per heavy atom. The quantitative estimate of drug-likeness (QED) is 0.679. The molecule has 0 spiro atoms. The van der Waals surface area contributed by atoms with Crippen molar-refractivity contribution in [3.63, 3.8) is 0 Å². The van der Waals surface area contributed by atoms with Crippen LogP contribution in [0.25, 0.3) is 0 Å². The van der Waals surface area contributed by atoms with Crippen LogP contribution < -0.4 is 20.9 Å². The lowest BCUT2D eigenvalue weighted by atomic mass is 10.1. The van der Waals surface area contributed by atoms with Crippen molar-refractivity contribution in [1.82, 2.24) is 10.9 Å². The average molecular weight is 293 g/mol. The Bertz CT molecular complexity index is 483. The minimum absolute atomic E-state index is 0.0633. The second kappa shape index (κ2) is 7.49. The molecule has 1 atom stereocenters. The van der Waals surface area contributed by atoms with E-state index in [-0.39, 0.29) is 24.3 Å². The summed E-state index contributed by atoms with van der Waals surface area (Å²) in [6.45, 7) is 1.06. The van der Waals surface area contributed by atoms with Crippen LogP contribution in [0.4, 0.5) is 5.69 Å². The SMILES string of the molecule is COc1ccc(NCC(=O)NNC(=O)C2CCOC2)cc1. The van der Waals surface area contributed by atoms with E-state index in [4.69, 9.17) is 9.47 Å². The lowest BCUT2D eigenvalue weighted by Crippen LogP contribution is -2.46. The summed E-state index contributed by atoms with van der Waals surface area (Å²) < 4.78 is 10.2. The van der Waals surface area contributed by atoms with Crippen LogP contribution in [0.2, 0.25) is 0 Å². The molecule has 1 aliphatic heterocycles. The van der Waals surface area contributed by atoms with Crippen LogP contribution in [0.15, 0.2) is 24.3 Å². The first kappa shape index (κ1) is 15.1. The fourth-order valence-corrected chi connectivity index (χ4v) is 1.91. The number of hydrazine groups is 1. The maximum absolute atomic E-state index is 11.7. The Morgan fingerprint density at radius 3 is 2.67 bits per heavy atom. The zero-order valence-corrected chi connectivity index (χ0v) is 11.8. The standard InChI is InChI=1S/C14H19N3O4/c1-20-12-4-2-11(3-5-12)15-8-13(18)16-17-14(19)10-6-7-21-9-10/h2-5,10,15H,6-9H2,1H3,(H,16,18)(H,17,19). The van der Waals surface area contributed by atoms with E-state index in [9.17, 15) is 9.59 Å². The lowest BCUT2D eigenvalue weighted by molar-refractivity contribution is -0.130. The van der Waals surface area contributed by atoms with Gasteiger partial charge in [-0.25, -0.2) is 0 Å². The van der Waals surface area contributed by atoms with E-state index in [2.05, 4.69) is 16.2 Å². The highest BCUT2D eigenvalue weighted by molar-refractivity contribution is 5.85. The molecule has 2 rings (SSSR count). The van der Waals surface area contributed by atoms with Crippen LogP contribution in [0.3, 0.4) is 0 Å². The molecule has 7 nitrogen and oxygen atoms in total. The number of anilines is 1. The number of hydrogen-bond donors (Lipinski definition) is 3. The van der Waals surface area contributed by atoms with Gasteiger partial charge >= 0.3 is 0 Å². The fraction of sp³-hybridized carbons (Fsp3) is 0.429. The molecule has 0 radical (unpaired) electrons. The van der Waals surface area contributed by atoms with E-state index in [1.807, 2.05) is 0 Å². The molecular formula is C14H19N3O4. The van der Waals surface area contributed by atoms with E-state index in [1.165, 1.54) is 0 Å². The zero-order chi connectivity index (χ0) is 15.1. The minimum atomic E-state index is -0.321. The third-order valence-electron chi connectivity index (χ3n) is 3.17. The number of hydrogen-bond acceptors (Lipinski definition) is 5. The topological polar surface area (TPSA) is 88.7 Å². The monoisotopic (exact) mass is 293 g/mol. The predicted octanol–water partition coefficient (Wildman–Crippen LogP) is 0.291. The van der Waals surface area contributed by atoms with E-state index in [0.717, 1.165) is 11.4 Å². The van der Waals surface area contributed by atoms with Crippen molar-refractivity contribution in [3.05, 3.63) is 24.3 Å². The van der Waals surface area contributed by atoms with Gasteiger partial charge in [0, 0.05) is 12.3 Å². The molecule has 0 aromatic heterocycles. The molecule has 1 aromatic rings. The molecule has 1 heterocycles. The summed E-state index contributed by atoms with van der Waals surface area (Å²) in [4.78, 5) is 23.3. The van der Waals surface area contributed by atoms with Crippen LogP contribution in [-0.2, 0) is 14.3 Å². The van der Waals surface area contributed by atoms with Crippen LogP contribution in [0.5, 0.6) is 5.75 Å². The highest BCUT2D eigenvalue weighted by Gasteiger charge is 2.23. The van der Waals surface area contributed by atoms with Crippen LogP contribution in [-0.4, -0.2) is 38.7 Å². The number of carbonyl (C=O) groups is 2. The van der Waals surface area contributed by atoms with Crippen LogP contribution >= 0.6 is 0 Å². The van der Waals surface area contributed by atoms with Crippen molar-refractivity contribution >= 4 is 17.5 Å². The molecule has 7 heteroatoms. The number of benzene rings is 1. The highest BCUT2D eigenvalue weighted by atomic mass is 16.5. The number of methoxy groups -OCH3 is 1. The van der Waals surface area contributed by atoms with Gasteiger partial charge in [-0.3, -0.25) is 20.4 Å². The molecule has 1 saturated heterocycles. The molecule has 2 amide bonds.